The average Bonchev–Trinajstić information content (AvgIpc) is 3.25. The van der Waals surface area contributed by atoms with Crippen molar-refractivity contribution in [1.29, 1.82) is 0 Å². The molecule has 152 valence electrons. The first kappa shape index (κ1) is 20.1. The van der Waals surface area contributed by atoms with Crippen LogP contribution in [0.5, 0.6) is 0 Å². The second-order valence-corrected chi connectivity index (χ2v) is 8.01. The van der Waals surface area contributed by atoms with E-state index in [9.17, 15) is 14.4 Å². The summed E-state index contributed by atoms with van der Waals surface area (Å²) in [6.45, 7) is 7.74. The summed E-state index contributed by atoms with van der Waals surface area (Å²) >= 11 is 0. The molecule has 1 aliphatic heterocycles. The van der Waals surface area contributed by atoms with Crippen molar-refractivity contribution in [3.8, 4) is 0 Å². The monoisotopic (exact) mass is 388 g/mol. The predicted octanol–water partition coefficient (Wildman–Crippen LogP) is 0.420. The van der Waals surface area contributed by atoms with Crippen LogP contribution in [0.4, 0.5) is 5.82 Å². The van der Waals surface area contributed by atoms with Gasteiger partial charge < -0.3 is 5.73 Å². The summed E-state index contributed by atoms with van der Waals surface area (Å²) in [5, 5.41) is 4.35. The van der Waals surface area contributed by atoms with Crippen molar-refractivity contribution in [3.05, 3.63) is 44.4 Å². The zero-order chi connectivity index (χ0) is 20.6. The summed E-state index contributed by atoms with van der Waals surface area (Å²) in [4.78, 5) is 39.9. The number of ketones is 1. The number of nitrogen functional groups attached to an aromatic ring is 1. The molecule has 1 atom stereocenters. The first-order chi connectivity index (χ1) is 13.2. The van der Waals surface area contributed by atoms with Gasteiger partial charge in [0.1, 0.15) is 11.4 Å². The van der Waals surface area contributed by atoms with E-state index in [2.05, 4.69) is 5.10 Å². The van der Waals surface area contributed by atoms with Gasteiger partial charge in [-0.15, -0.1) is 0 Å². The number of anilines is 1. The lowest BCUT2D eigenvalue weighted by atomic mass is 10.1. The van der Waals surface area contributed by atoms with E-state index >= 15 is 0 Å². The maximum atomic E-state index is 12.9. The summed E-state index contributed by atoms with van der Waals surface area (Å²) in [6, 6.07) is 0.205. The summed E-state index contributed by atoms with van der Waals surface area (Å²) < 4.78 is 4.21. The Morgan fingerprint density at radius 3 is 2.68 bits per heavy atom. The lowest BCUT2D eigenvalue weighted by molar-refractivity contribution is 0.0941. The quantitative estimate of drug-likeness (QED) is 0.719. The van der Waals surface area contributed by atoms with Crippen LogP contribution >= 0.6 is 0 Å². The predicted molar refractivity (Wildman–Crippen MR) is 107 cm³/mol. The first-order valence-electron chi connectivity index (χ1n) is 9.54. The Hall–Kier alpha value is -2.68. The second-order valence-electron chi connectivity index (χ2n) is 8.01. The highest BCUT2D eigenvalue weighted by molar-refractivity contribution is 6.01. The highest BCUT2D eigenvalue weighted by atomic mass is 16.2. The molecule has 0 bridgehead atoms. The van der Waals surface area contributed by atoms with Gasteiger partial charge in [-0.05, 0) is 24.8 Å². The SMILES string of the molecule is Cc1cnn(C2CCN(CC(=O)c3c(N)n(CC(C)C)c(=O)n(C)c3=O)C2)c1. The first-order valence-corrected chi connectivity index (χ1v) is 9.54. The van der Waals surface area contributed by atoms with Gasteiger partial charge in [0.25, 0.3) is 5.56 Å². The topological polar surface area (TPSA) is 108 Å². The largest absolute Gasteiger partial charge is 0.384 e. The third kappa shape index (κ3) is 3.80. The van der Waals surface area contributed by atoms with Gasteiger partial charge in [0.2, 0.25) is 0 Å². The van der Waals surface area contributed by atoms with Gasteiger partial charge in [-0.1, -0.05) is 13.8 Å². The molecule has 0 aliphatic carbocycles. The molecule has 9 heteroatoms. The minimum atomic E-state index is -0.633. The highest BCUT2D eigenvalue weighted by Gasteiger charge is 2.29. The zero-order valence-corrected chi connectivity index (χ0v) is 16.9. The third-order valence-corrected chi connectivity index (χ3v) is 5.13. The molecule has 3 rings (SSSR count). The van der Waals surface area contributed by atoms with E-state index in [4.69, 9.17) is 5.73 Å². The number of carbonyl (C=O) groups excluding carboxylic acids is 1. The van der Waals surface area contributed by atoms with Gasteiger partial charge in [0.05, 0.1) is 18.8 Å². The second kappa shape index (κ2) is 7.75. The number of nitrogens with two attached hydrogens (primary N) is 1. The smallest absolute Gasteiger partial charge is 0.332 e. The van der Waals surface area contributed by atoms with Crippen molar-refractivity contribution >= 4 is 11.6 Å². The van der Waals surface area contributed by atoms with Gasteiger partial charge in [0, 0.05) is 32.9 Å². The van der Waals surface area contributed by atoms with E-state index in [1.54, 1.807) is 0 Å². The molecule has 1 unspecified atom stereocenters. The Kier molecular flexibility index (Phi) is 5.55. The normalized spacial score (nSPS) is 17.5. The van der Waals surface area contributed by atoms with Crippen LogP contribution in [-0.4, -0.2) is 49.2 Å². The molecular formula is C19H28N6O3. The van der Waals surface area contributed by atoms with Crippen molar-refractivity contribution in [2.45, 2.75) is 39.8 Å². The van der Waals surface area contributed by atoms with Gasteiger partial charge in [-0.25, -0.2) is 4.79 Å². The lowest BCUT2D eigenvalue weighted by Gasteiger charge is -2.18. The van der Waals surface area contributed by atoms with E-state index in [1.165, 1.54) is 11.6 Å². The van der Waals surface area contributed by atoms with Gasteiger partial charge in [0.15, 0.2) is 5.78 Å². The zero-order valence-electron chi connectivity index (χ0n) is 16.9. The molecule has 2 aromatic rings. The van der Waals surface area contributed by atoms with E-state index in [-0.39, 0.29) is 35.7 Å². The van der Waals surface area contributed by atoms with Crippen molar-refractivity contribution in [3.63, 3.8) is 0 Å². The summed E-state index contributed by atoms with van der Waals surface area (Å²) in [5.74, 6) is -0.240. The maximum absolute atomic E-state index is 12.9. The molecule has 28 heavy (non-hydrogen) atoms. The molecule has 3 heterocycles. The van der Waals surface area contributed by atoms with Crippen molar-refractivity contribution in [2.75, 3.05) is 25.4 Å². The van der Waals surface area contributed by atoms with E-state index in [0.717, 1.165) is 23.1 Å². The molecule has 0 aromatic carbocycles. The molecule has 1 aliphatic rings. The number of hydrogen-bond donors (Lipinski definition) is 1. The Morgan fingerprint density at radius 2 is 2.07 bits per heavy atom. The van der Waals surface area contributed by atoms with Crippen molar-refractivity contribution < 1.29 is 4.79 Å². The molecule has 9 nitrogen and oxygen atoms in total. The van der Waals surface area contributed by atoms with Crippen LogP contribution in [0.15, 0.2) is 22.0 Å². The number of aromatic nitrogens is 4. The number of Topliss-reactive ketones (excluding diaryl/α,β-unsaturated/α-hetero) is 1. The minimum absolute atomic E-state index is 0.0368. The Balaban J connectivity index is 1.82. The number of hydrogen-bond acceptors (Lipinski definition) is 6. The number of nitrogens with zero attached hydrogens (tertiary/aromatic N) is 5. The third-order valence-electron chi connectivity index (χ3n) is 5.13. The fraction of sp³-hybridized carbons (Fsp3) is 0.579. The van der Waals surface area contributed by atoms with Gasteiger partial charge >= 0.3 is 5.69 Å². The molecular weight excluding hydrogens is 360 g/mol. The van der Waals surface area contributed by atoms with Crippen LogP contribution in [0.3, 0.4) is 0 Å². The van der Waals surface area contributed by atoms with Gasteiger partial charge in [-0.3, -0.25) is 28.3 Å². The number of likely N-dealkylation sites (tertiary alicyclic amines) is 1. The summed E-state index contributed by atoms with van der Waals surface area (Å²) in [5.41, 5.74) is 5.96. The molecule has 0 amide bonds. The molecule has 1 fully saturated rings. The van der Waals surface area contributed by atoms with Crippen LogP contribution in [0, 0.1) is 12.8 Å². The van der Waals surface area contributed by atoms with E-state index < -0.39 is 11.2 Å². The fourth-order valence-electron chi connectivity index (χ4n) is 3.67. The van der Waals surface area contributed by atoms with Crippen LogP contribution in [0.1, 0.15) is 42.2 Å². The minimum Gasteiger partial charge on any atom is -0.384 e. The number of aryl methyl sites for hydroxylation is 1. The van der Waals surface area contributed by atoms with E-state index in [0.29, 0.717) is 13.1 Å². The van der Waals surface area contributed by atoms with Crippen LogP contribution in [-0.2, 0) is 13.6 Å². The summed E-state index contributed by atoms with van der Waals surface area (Å²) in [6.07, 6.45) is 4.69. The van der Waals surface area contributed by atoms with Crippen LogP contribution in [0.25, 0.3) is 0 Å². The number of carbonyl (C=O) groups is 1. The molecule has 1 saturated heterocycles. The molecule has 0 saturated carbocycles. The van der Waals surface area contributed by atoms with Crippen LogP contribution < -0.4 is 17.0 Å². The lowest BCUT2D eigenvalue weighted by Crippen LogP contribution is -2.44. The fourth-order valence-corrected chi connectivity index (χ4v) is 3.67. The Bertz CT molecular complexity index is 1000. The Morgan fingerprint density at radius 1 is 1.36 bits per heavy atom. The highest BCUT2D eigenvalue weighted by Crippen LogP contribution is 2.21. The average molecular weight is 388 g/mol. The van der Waals surface area contributed by atoms with Crippen molar-refractivity contribution in [1.82, 2.24) is 23.8 Å². The van der Waals surface area contributed by atoms with Crippen LogP contribution in [0.2, 0.25) is 0 Å². The molecule has 0 radical (unpaired) electrons. The number of rotatable bonds is 6. The van der Waals surface area contributed by atoms with Gasteiger partial charge in [-0.2, -0.15) is 5.10 Å². The molecule has 2 N–H and O–H groups in total. The Labute approximate surface area is 163 Å². The van der Waals surface area contributed by atoms with E-state index in [1.807, 2.05) is 42.7 Å². The summed E-state index contributed by atoms with van der Waals surface area (Å²) in [7, 11) is 1.38. The van der Waals surface area contributed by atoms with Crippen molar-refractivity contribution in [2.24, 2.45) is 13.0 Å². The molecule has 2 aromatic heterocycles. The molecule has 0 spiro atoms. The standard InChI is InChI=1S/C19H28N6O3/c1-12(2)8-24-17(20)16(18(27)22(4)19(24)28)15(26)11-23-6-5-14(10-23)25-9-13(3)7-21-25/h7,9,12,14H,5-6,8,10-11,20H2,1-4H3. The maximum Gasteiger partial charge on any atom is 0.332 e.